The lowest BCUT2D eigenvalue weighted by molar-refractivity contribution is -0.143. The Morgan fingerprint density at radius 3 is 1.75 bits per heavy atom. The van der Waals surface area contributed by atoms with Gasteiger partial charge in [-0.05, 0) is 60.6 Å². The number of benzene rings is 2. The minimum absolute atomic E-state index is 0.0344. The van der Waals surface area contributed by atoms with Crippen LogP contribution in [0.25, 0.3) is 44.5 Å². The molecule has 0 spiro atoms. The molecule has 5 aromatic rings. The first-order valence-corrected chi connectivity index (χ1v) is 19.4. The lowest BCUT2D eigenvalue weighted by Crippen LogP contribution is -2.38. The summed E-state index contributed by atoms with van der Waals surface area (Å²) in [4.78, 5) is 66.7. The molecule has 302 valence electrons. The summed E-state index contributed by atoms with van der Waals surface area (Å²) in [6, 6.07) is 16.8. The fourth-order valence-electron chi connectivity index (χ4n) is 5.69. The predicted octanol–water partition coefficient (Wildman–Crippen LogP) is 7.53. The highest BCUT2D eigenvalue weighted by Crippen LogP contribution is 2.27. The van der Waals surface area contributed by atoms with Crippen molar-refractivity contribution in [3.63, 3.8) is 0 Å². The molecule has 0 unspecified atom stereocenters. The van der Waals surface area contributed by atoms with Gasteiger partial charge >= 0.3 is 12.1 Å². The van der Waals surface area contributed by atoms with Crippen LogP contribution in [0.15, 0.2) is 67.4 Å². The Morgan fingerprint density at radius 2 is 1.16 bits per heavy atom. The number of aromatic amines is 2. The molecule has 2 saturated heterocycles. The molecule has 5 heterocycles. The average Bonchev–Trinajstić information content (AvgIpc) is 4.07. The number of carbonyl (C=O) groups is 4. The van der Waals surface area contributed by atoms with Crippen molar-refractivity contribution < 1.29 is 28.7 Å². The number of fused-ring (bicyclic) bond motifs is 2. The van der Waals surface area contributed by atoms with Crippen molar-refractivity contribution in [1.82, 2.24) is 40.0 Å². The fourth-order valence-corrected chi connectivity index (χ4v) is 5.69. The summed E-state index contributed by atoms with van der Waals surface area (Å²) in [6.07, 6.45) is 12.0. The number of aromatic nitrogens is 5. The maximum Gasteiger partial charge on any atom is 0.407 e. The summed E-state index contributed by atoms with van der Waals surface area (Å²) >= 11 is 0. The molecule has 7 rings (SSSR count). The molecule has 14 nitrogen and oxygen atoms in total. The number of imidazole rings is 2. The normalized spacial score (nSPS) is 12.8. The van der Waals surface area contributed by atoms with Gasteiger partial charge in [0, 0.05) is 44.4 Å². The zero-order chi connectivity index (χ0) is 40.7. The molecule has 2 aromatic carbocycles. The smallest absolute Gasteiger partial charge is 0.407 e. The number of methoxy groups -OCH3 is 2. The van der Waals surface area contributed by atoms with Crippen LogP contribution in [-0.4, -0.2) is 106 Å². The number of esters is 1. The number of carbonyl (C=O) groups excluding carboxylic acids is 4. The second-order valence-corrected chi connectivity index (χ2v) is 13.2. The number of ether oxygens (including phenoxy) is 2. The predicted molar refractivity (Wildman–Crippen MR) is 220 cm³/mol. The van der Waals surface area contributed by atoms with E-state index in [4.69, 9.17) is 0 Å². The van der Waals surface area contributed by atoms with Gasteiger partial charge in [-0.15, -0.1) is 0 Å². The van der Waals surface area contributed by atoms with E-state index in [0.29, 0.717) is 0 Å². The van der Waals surface area contributed by atoms with Gasteiger partial charge in [-0.25, -0.2) is 19.7 Å². The lowest BCUT2D eigenvalue weighted by atomic mass is 10.0. The second-order valence-electron chi connectivity index (χ2n) is 13.2. The van der Waals surface area contributed by atoms with E-state index in [1.807, 2.05) is 17.2 Å². The first-order valence-electron chi connectivity index (χ1n) is 19.4. The quantitative estimate of drug-likeness (QED) is 0.141. The van der Waals surface area contributed by atoms with E-state index in [9.17, 15) is 19.2 Å². The van der Waals surface area contributed by atoms with Crippen LogP contribution in [0, 0.1) is 0 Å². The van der Waals surface area contributed by atoms with Gasteiger partial charge in [0.25, 0.3) is 0 Å². The molecule has 0 saturated carbocycles. The standard InChI is InChI=1S/C19H13N5.C9H15NO3.C8H14N2O3.2C3H8/c1-3-13(15-8-18-19(20-9-15)24-11-23-18)4-2-12(1)14-5-6-16-17(7-14)22-10-21-16;1-13-9(12)5-4-8(11)10-6-2-3-7-10;1-13-8(12)9-6-7(11)10-4-2-3-5-10;2*1-3-2/h1-11H,(H,21,22)(H,20,23,24);2-7H2,1H3;2-6H2,1H3,(H,9,12);2*3H2,1-2H3. The van der Waals surface area contributed by atoms with Gasteiger partial charge < -0.3 is 34.6 Å². The molecule has 2 aliphatic heterocycles. The summed E-state index contributed by atoms with van der Waals surface area (Å²) in [5.41, 5.74) is 8.25. The number of nitrogens with one attached hydrogen (secondary N) is 3. The molecule has 3 amide bonds. The van der Waals surface area contributed by atoms with E-state index in [0.717, 1.165) is 85.2 Å². The maximum atomic E-state index is 11.4. The summed E-state index contributed by atoms with van der Waals surface area (Å²) in [6.45, 7) is 11.8. The van der Waals surface area contributed by atoms with E-state index in [2.05, 4.69) is 110 Å². The third-order valence-electron chi connectivity index (χ3n) is 8.50. The number of hydrogen-bond acceptors (Lipinski definition) is 9. The number of H-pyrrole nitrogens is 2. The second kappa shape index (κ2) is 24.6. The summed E-state index contributed by atoms with van der Waals surface area (Å²) in [5, 5.41) is 2.36. The number of amides is 3. The monoisotopic (exact) mass is 770 g/mol. The van der Waals surface area contributed by atoms with E-state index >= 15 is 0 Å². The Labute approximate surface area is 329 Å². The highest BCUT2D eigenvalue weighted by molar-refractivity contribution is 5.84. The molecule has 14 heteroatoms. The van der Waals surface area contributed by atoms with E-state index < -0.39 is 6.09 Å². The molecule has 0 radical (unpaired) electrons. The first-order chi connectivity index (χ1) is 27.2. The first kappa shape index (κ1) is 44.6. The zero-order valence-electron chi connectivity index (χ0n) is 33.7. The van der Waals surface area contributed by atoms with E-state index in [1.54, 1.807) is 17.6 Å². The molecule has 3 N–H and O–H groups in total. The van der Waals surface area contributed by atoms with Gasteiger partial charge in [-0.3, -0.25) is 14.4 Å². The van der Waals surface area contributed by atoms with Gasteiger partial charge in [0.15, 0.2) is 5.65 Å². The largest absolute Gasteiger partial charge is 0.469 e. The van der Waals surface area contributed by atoms with Crippen LogP contribution in [0.3, 0.4) is 0 Å². The van der Waals surface area contributed by atoms with Gasteiger partial charge in [-0.1, -0.05) is 70.9 Å². The lowest BCUT2D eigenvalue weighted by Gasteiger charge is -2.14. The SMILES string of the molecule is CCC.CCC.COC(=O)CCC(=O)N1CCCC1.COC(=O)NCC(=O)N1CCCC1.c1nc2ccc(-c3ccc(-c4cnc5nc[nH]c5c4)cc3)cc2[nH]1. The third kappa shape index (κ3) is 14.5. The number of alkyl carbamates (subject to hydrolysis) is 1. The molecule has 3 aromatic heterocycles. The Morgan fingerprint density at radius 1 is 0.643 bits per heavy atom. The number of pyridine rings is 1. The molecule has 0 atom stereocenters. The van der Waals surface area contributed by atoms with Crippen LogP contribution < -0.4 is 5.32 Å². The highest BCUT2D eigenvalue weighted by Gasteiger charge is 2.19. The van der Waals surface area contributed by atoms with E-state index in [-0.39, 0.29) is 37.2 Å². The van der Waals surface area contributed by atoms with Crippen molar-refractivity contribution >= 4 is 46.1 Å². The average molecular weight is 771 g/mol. The maximum absolute atomic E-state index is 11.4. The molecular formula is C42H58N8O6. The van der Waals surface area contributed by atoms with Gasteiger partial charge in [0.2, 0.25) is 11.8 Å². The number of rotatable bonds is 7. The van der Waals surface area contributed by atoms with Crippen LogP contribution in [-0.2, 0) is 23.9 Å². The Hall–Kier alpha value is -5.79. The minimum Gasteiger partial charge on any atom is -0.469 e. The Bertz CT molecular complexity index is 1790. The van der Waals surface area contributed by atoms with Crippen LogP contribution in [0.4, 0.5) is 4.79 Å². The van der Waals surface area contributed by atoms with Crippen LogP contribution >= 0.6 is 0 Å². The Kier molecular flexibility index (Phi) is 19.6. The van der Waals surface area contributed by atoms with Crippen molar-refractivity contribution in [1.29, 1.82) is 0 Å². The zero-order valence-corrected chi connectivity index (χ0v) is 33.7. The molecule has 2 aliphatic rings. The molecule has 2 fully saturated rings. The number of nitrogens with zero attached hydrogens (tertiary/aromatic N) is 5. The van der Waals surface area contributed by atoms with Gasteiger partial charge in [0.1, 0.15) is 6.54 Å². The Balaban J connectivity index is 0.000000225. The third-order valence-corrected chi connectivity index (χ3v) is 8.50. The van der Waals surface area contributed by atoms with Crippen molar-refractivity contribution in [2.45, 2.75) is 79.1 Å². The highest BCUT2D eigenvalue weighted by atomic mass is 16.5. The summed E-state index contributed by atoms with van der Waals surface area (Å²) in [7, 11) is 2.61. The van der Waals surface area contributed by atoms with Crippen LogP contribution in [0.1, 0.15) is 79.1 Å². The van der Waals surface area contributed by atoms with Crippen LogP contribution in [0.2, 0.25) is 0 Å². The molecule has 0 bridgehead atoms. The summed E-state index contributed by atoms with van der Waals surface area (Å²) in [5.74, 6) is -0.279. The number of likely N-dealkylation sites (tertiary alicyclic amines) is 2. The molecule has 56 heavy (non-hydrogen) atoms. The van der Waals surface area contributed by atoms with Gasteiger partial charge in [-0.2, -0.15) is 0 Å². The number of hydrogen-bond donors (Lipinski definition) is 3. The molecule has 0 aliphatic carbocycles. The van der Waals surface area contributed by atoms with Crippen molar-refractivity contribution in [3.8, 4) is 22.3 Å². The fraction of sp³-hybridized carbons (Fsp3) is 0.452. The van der Waals surface area contributed by atoms with Crippen molar-refractivity contribution in [2.24, 2.45) is 0 Å². The topological polar surface area (TPSA) is 175 Å². The van der Waals surface area contributed by atoms with Crippen molar-refractivity contribution in [3.05, 3.63) is 67.4 Å². The molecular weight excluding hydrogens is 713 g/mol. The van der Waals surface area contributed by atoms with Crippen LogP contribution in [0.5, 0.6) is 0 Å². The van der Waals surface area contributed by atoms with Crippen molar-refractivity contribution in [2.75, 3.05) is 46.9 Å². The van der Waals surface area contributed by atoms with E-state index in [1.165, 1.54) is 38.2 Å². The van der Waals surface area contributed by atoms with Gasteiger partial charge in [0.05, 0.1) is 49.8 Å². The summed E-state index contributed by atoms with van der Waals surface area (Å²) < 4.78 is 8.80. The minimum atomic E-state index is -0.562.